The van der Waals surface area contributed by atoms with Gasteiger partial charge in [0.1, 0.15) is 18.1 Å². The zero-order valence-corrected chi connectivity index (χ0v) is 18.4. The highest BCUT2D eigenvalue weighted by atomic mass is 32.1. The van der Waals surface area contributed by atoms with E-state index in [9.17, 15) is 4.79 Å². The summed E-state index contributed by atoms with van der Waals surface area (Å²) in [6.45, 7) is 3.33. The van der Waals surface area contributed by atoms with Gasteiger partial charge in [0.2, 0.25) is 0 Å². The van der Waals surface area contributed by atoms with E-state index in [0.717, 1.165) is 64.9 Å². The first-order valence-electron chi connectivity index (χ1n) is 10.7. The first kappa shape index (κ1) is 20.1. The van der Waals surface area contributed by atoms with Crippen LogP contribution < -0.4 is 14.8 Å². The Morgan fingerprint density at radius 1 is 1.16 bits per heavy atom. The predicted molar refractivity (Wildman–Crippen MR) is 123 cm³/mol. The van der Waals surface area contributed by atoms with Crippen LogP contribution in [0.2, 0.25) is 0 Å². The number of fused-ring (bicyclic) bond motifs is 3. The number of likely N-dealkylation sites (tertiary alicyclic amines) is 1. The largest absolute Gasteiger partial charge is 0.496 e. The maximum Gasteiger partial charge on any atom is 0.261 e. The number of nitrogens with zero attached hydrogens (tertiary/aromatic N) is 1. The van der Waals surface area contributed by atoms with E-state index in [2.05, 4.69) is 28.4 Å². The molecule has 1 amide bonds. The SMILES string of the molecule is COc1ccccc1CN1CCC(NC(=O)c2cc3c(s2)-c2ccccc2OC3)CC1. The number of piperidine rings is 1. The number of hydrogen-bond acceptors (Lipinski definition) is 5. The number of carbonyl (C=O) groups excluding carboxylic acids is 1. The van der Waals surface area contributed by atoms with Crippen molar-refractivity contribution in [2.45, 2.75) is 32.0 Å². The number of nitrogens with one attached hydrogen (secondary N) is 1. The van der Waals surface area contributed by atoms with Gasteiger partial charge in [-0.2, -0.15) is 0 Å². The molecule has 2 aliphatic rings. The Morgan fingerprint density at radius 3 is 2.77 bits per heavy atom. The van der Waals surface area contributed by atoms with Crippen molar-refractivity contribution < 1.29 is 14.3 Å². The smallest absolute Gasteiger partial charge is 0.261 e. The maximum absolute atomic E-state index is 12.9. The van der Waals surface area contributed by atoms with E-state index in [1.54, 1.807) is 18.4 Å². The van der Waals surface area contributed by atoms with Gasteiger partial charge in [-0.05, 0) is 37.1 Å². The molecule has 0 unspecified atom stereocenters. The number of para-hydroxylation sites is 2. The van der Waals surface area contributed by atoms with Crippen LogP contribution in [0.3, 0.4) is 0 Å². The van der Waals surface area contributed by atoms with Gasteiger partial charge in [-0.25, -0.2) is 0 Å². The molecule has 31 heavy (non-hydrogen) atoms. The molecule has 5 rings (SSSR count). The highest BCUT2D eigenvalue weighted by Crippen LogP contribution is 2.42. The van der Waals surface area contributed by atoms with Gasteiger partial charge in [0, 0.05) is 47.2 Å². The number of benzene rings is 2. The number of thiophene rings is 1. The van der Waals surface area contributed by atoms with Gasteiger partial charge < -0.3 is 14.8 Å². The molecule has 1 fully saturated rings. The van der Waals surface area contributed by atoms with Crippen molar-refractivity contribution in [3.05, 3.63) is 70.6 Å². The summed E-state index contributed by atoms with van der Waals surface area (Å²) in [6, 6.07) is 18.4. The Kier molecular flexibility index (Phi) is 5.66. The van der Waals surface area contributed by atoms with Crippen LogP contribution in [0, 0.1) is 0 Å². The minimum absolute atomic E-state index is 0.0278. The van der Waals surface area contributed by atoms with Crippen molar-refractivity contribution in [3.63, 3.8) is 0 Å². The van der Waals surface area contributed by atoms with Gasteiger partial charge in [0.15, 0.2) is 0 Å². The number of amides is 1. The lowest BCUT2D eigenvalue weighted by atomic mass is 10.0. The van der Waals surface area contributed by atoms with Crippen LogP contribution in [-0.4, -0.2) is 37.0 Å². The average Bonchev–Trinajstić information content (AvgIpc) is 3.26. The average molecular weight is 435 g/mol. The Morgan fingerprint density at radius 2 is 1.94 bits per heavy atom. The molecule has 2 aromatic carbocycles. The van der Waals surface area contributed by atoms with E-state index in [-0.39, 0.29) is 11.9 Å². The quantitative estimate of drug-likeness (QED) is 0.632. The second kappa shape index (κ2) is 8.73. The third-order valence-corrected chi connectivity index (χ3v) is 7.27. The first-order valence-corrected chi connectivity index (χ1v) is 11.5. The molecular weight excluding hydrogens is 408 g/mol. The molecule has 3 heterocycles. The van der Waals surface area contributed by atoms with Crippen LogP contribution in [-0.2, 0) is 13.2 Å². The van der Waals surface area contributed by atoms with E-state index >= 15 is 0 Å². The number of hydrogen-bond donors (Lipinski definition) is 1. The van der Waals surface area contributed by atoms with Gasteiger partial charge in [-0.3, -0.25) is 9.69 Å². The van der Waals surface area contributed by atoms with Crippen LogP contribution in [0.15, 0.2) is 54.6 Å². The number of ether oxygens (including phenoxy) is 2. The molecule has 0 aliphatic carbocycles. The summed E-state index contributed by atoms with van der Waals surface area (Å²) in [7, 11) is 1.72. The van der Waals surface area contributed by atoms with Gasteiger partial charge in [0.25, 0.3) is 5.91 Å². The third-order valence-electron chi connectivity index (χ3n) is 6.06. The summed E-state index contributed by atoms with van der Waals surface area (Å²) in [6.07, 6.45) is 1.91. The summed E-state index contributed by atoms with van der Waals surface area (Å²) in [4.78, 5) is 17.3. The number of methoxy groups -OCH3 is 1. The summed E-state index contributed by atoms with van der Waals surface area (Å²) < 4.78 is 11.3. The van der Waals surface area contributed by atoms with Crippen LogP contribution in [0.4, 0.5) is 0 Å². The fourth-order valence-electron chi connectivity index (χ4n) is 4.38. The molecule has 160 valence electrons. The van der Waals surface area contributed by atoms with E-state index < -0.39 is 0 Å². The molecule has 2 aliphatic heterocycles. The fraction of sp³-hybridized carbons (Fsp3) is 0.320. The van der Waals surface area contributed by atoms with Crippen molar-refractivity contribution in [2.75, 3.05) is 20.2 Å². The van der Waals surface area contributed by atoms with Crippen molar-refractivity contribution in [1.82, 2.24) is 10.2 Å². The molecule has 0 bridgehead atoms. The lowest BCUT2D eigenvalue weighted by Crippen LogP contribution is -2.44. The van der Waals surface area contributed by atoms with E-state index in [1.807, 2.05) is 36.4 Å². The highest BCUT2D eigenvalue weighted by molar-refractivity contribution is 7.17. The van der Waals surface area contributed by atoms with Crippen LogP contribution in [0.5, 0.6) is 11.5 Å². The maximum atomic E-state index is 12.9. The Balaban J connectivity index is 1.19. The molecule has 0 atom stereocenters. The highest BCUT2D eigenvalue weighted by Gasteiger charge is 2.25. The second-order valence-corrected chi connectivity index (χ2v) is 9.14. The van der Waals surface area contributed by atoms with Crippen molar-refractivity contribution in [1.29, 1.82) is 0 Å². The van der Waals surface area contributed by atoms with Crippen molar-refractivity contribution in [2.24, 2.45) is 0 Å². The molecule has 0 radical (unpaired) electrons. The molecule has 5 nitrogen and oxygen atoms in total. The summed E-state index contributed by atoms with van der Waals surface area (Å²) >= 11 is 1.56. The number of carbonyl (C=O) groups is 1. The minimum Gasteiger partial charge on any atom is -0.496 e. The Labute approximate surface area is 186 Å². The van der Waals surface area contributed by atoms with Gasteiger partial charge >= 0.3 is 0 Å². The van der Waals surface area contributed by atoms with Gasteiger partial charge in [-0.15, -0.1) is 11.3 Å². The standard InChI is InChI=1S/C25H26N2O3S/c1-29-21-8-4-2-6-17(21)15-27-12-10-19(11-13-27)26-25(28)23-14-18-16-30-22-9-5-3-7-20(22)24(18)31-23/h2-9,14,19H,10-13,15-16H2,1H3,(H,26,28). The first-order chi connectivity index (χ1) is 15.2. The van der Waals surface area contributed by atoms with Crippen molar-refractivity contribution >= 4 is 17.2 Å². The van der Waals surface area contributed by atoms with E-state index in [0.29, 0.717) is 6.61 Å². The van der Waals surface area contributed by atoms with Crippen molar-refractivity contribution in [3.8, 4) is 21.9 Å². The van der Waals surface area contributed by atoms with Gasteiger partial charge in [-0.1, -0.05) is 30.3 Å². The zero-order valence-electron chi connectivity index (χ0n) is 17.6. The van der Waals surface area contributed by atoms with Crippen LogP contribution in [0.1, 0.15) is 33.6 Å². The molecule has 1 saturated heterocycles. The predicted octanol–water partition coefficient (Wildman–Crippen LogP) is 4.71. The molecule has 3 aromatic rings. The second-order valence-electron chi connectivity index (χ2n) is 8.09. The lowest BCUT2D eigenvalue weighted by molar-refractivity contribution is 0.0912. The van der Waals surface area contributed by atoms with Crippen LogP contribution >= 0.6 is 11.3 Å². The summed E-state index contributed by atoms with van der Waals surface area (Å²) in [5, 5.41) is 3.25. The molecule has 0 saturated carbocycles. The zero-order chi connectivity index (χ0) is 21.2. The van der Waals surface area contributed by atoms with E-state index in [4.69, 9.17) is 9.47 Å². The summed E-state index contributed by atoms with van der Waals surface area (Å²) in [5.41, 5.74) is 3.39. The monoisotopic (exact) mass is 434 g/mol. The minimum atomic E-state index is 0.0278. The molecule has 6 heteroatoms. The Hall–Kier alpha value is -2.83. The van der Waals surface area contributed by atoms with E-state index in [1.165, 1.54) is 5.56 Å². The number of rotatable bonds is 5. The lowest BCUT2D eigenvalue weighted by Gasteiger charge is -2.32. The third kappa shape index (κ3) is 4.18. The molecule has 1 N–H and O–H groups in total. The molecular formula is C25H26N2O3S. The topological polar surface area (TPSA) is 50.8 Å². The summed E-state index contributed by atoms with van der Waals surface area (Å²) in [5.74, 6) is 1.86. The Bertz CT molecular complexity index is 1090. The molecule has 0 spiro atoms. The van der Waals surface area contributed by atoms with Gasteiger partial charge in [0.05, 0.1) is 12.0 Å². The molecule has 1 aromatic heterocycles. The van der Waals surface area contributed by atoms with Crippen LogP contribution in [0.25, 0.3) is 10.4 Å². The fourth-order valence-corrected chi connectivity index (χ4v) is 5.48. The normalized spacial score (nSPS) is 16.2.